The van der Waals surface area contributed by atoms with Crippen LogP contribution < -0.4 is 9.80 Å². The van der Waals surface area contributed by atoms with E-state index >= 15 is 0 Å². The van der Waals surface area contributed by atoms with Crippen molar-refractivity contribution < 1.29 is 0 Å². The van der Waals surface area contributed by atoms with Crippen molar-refractivity contribution in [2.24, 2.45) is 4.99 Å². The summed E-state index contributed by atoms with van der Waals surface area (Å²) in [6, 6.07) is 27.3. The van der Waals surface area contributed by atoms with Gasteiger partial charge in [-0.2, -0.15) is 0 Å². The van der Waals surface area contributed by atoms with Gasteiger partial charge in [0.15, 0.2) is 0 Å². The number of fused-ring (bicyclic) bond motifs is 4. The lowest BCUT2D eigenvalue weighted by Crippen LogP contribution is -2.37. The minimum atomic E-state index is 0.857. The van der Waals surface area contributed by atoms with Gasteiger partial charge in [0.2, 0.25) is 5.96 Å². The van der Waals surface area contributed by atoms with Crippen LogP contribution in [-0.2, 0) is 6.54 Å². The van der Waals surface area contributed by atoms with Crippen LogP contribution in [0, 0.1) is 0 Å². The van der Waals surface area contributed by atoms with Crippen LogP contribution in [-0.4, -0.2) is 5.96 Å². The fourth-order valence-corrected chi connectivity index (χ4v) is 3.35. The molecule has 3 aromatic rings. The molecule has 3 aromatic carbocycles. The number of benzene rings is 3. The smallest absolute Gasteiger partial charge is 0.216 e. The van der Waals surface area contributed by atoms with Crippen molar-refractivity contribution in [2.75, 3.05) is 9.80 Å². The van der Waals surface area contributed by atoms with Gasteiger partial charge in [-0.1, -0.05) is 48.5 Å². The normalized spacial score (nSPS) is 14.9. The first-order valence-electron chi connectivity index (χ1n) is 7.80. The first kappa shape index (κ1) is 12.5. The predicted molar refractivity (Wildman–Crippen MR) is 94.7 cm³/mol. The zero-order valence-electron chi connectivity index (χ0n) is 12.6. The Morgan fingerprint density at radius 3 is 2.26 bits per heavy atom. The van der Waals surface area contributed by atoms with Gasteiger partial charge in [0.05, 0.1) is 23.6 Å². The molecule has 0 aliphatic carbocycles. The highest BCUT2D eigenvalue weighted by atomic mass is 15.4. The average molecular weight is 297 g/mol. The molecule has 0 spiro atoms. The van der Waals surface area contributed by atoms with Crippen LogP contribution in [0.5, 0.6) is 0 Å². The fraction of sp³-hybridized carbons (Fsp3) is 0.0500. The molecule has 110 valence electrons. The Kier molecular flexibility index (Phi) is 2.56. The molecule has 0 saturated carbocycles. The Morgan fingerprint density at radius 2 is 1.39 bits per heavy atom. The highest BCUT2D eigenvalue weighted by Gasteiger charge is 2.36. The number of anilines is 3. The van der Waals surface area contributed by atoms with E-state index in [2.05, 4.69) is 76.5 Å². The first-order valence-corrected chi connectivity index (χ1v) is 7.80. The lowest BCUT2D eigenvalue weighted by Gasteiger charge is -2.28. The predicted octanol–water partition coefficient (Wildman–Crippen LogP) is 4.85. The van der Waals surface area contributed by atoms with Crippen molar-refractivity contribution in [3.05, 3.63) is 84.4 Å². The maximum absolute atomic E-state index is 4.95. The monoisotopic (exact) mass is 297 g/mol. The Hall–Kier alpha value is -3.07. The number of nitrogens with zero attached hydrogens (tertiary/aromatic N) is 3. The van der Waals surface area contributed by atoms with Crippen LogP contribution in [0.4, 0.5) is 22.7 Å². The lowest BCUT2D eigenvalue weighted by atomic mass is 10.1. The SMILES string of the molecule is c1ccc(N2C3=Nc4ccccc4CN3c3ccccc32)cc1. The summed E-state index contributed by atoms with van der Waals surface area (Å²) in [6.45, 7) is 0.857. The number of para-hydroxylation sites is 4. The third-order valence-electron chi connectivity index (χ3n) is 4.41. The van der Waals surface area contributed by atoms with Gasteiger partial charge in [0.25, 0.3) is 0 Å². The second kappa shape index (κ2) is 4.71. The van der Waals surface area contributed by atoms with Gasteiger partial charge in [0, 0.05) is 5.69 Å². The van der Waals surface area contributed by atoms with Crippen molar-refractivity contribution in [3.63, 3.8) is 0 Å². The summed E-state index contributed by atoms with van der Waals surface area (Å²) < 4.78 is 0. The minimum absolute atomic E-state index is 0.857. The Morgan fingerprint density at radius 1 is 0.696 bits per heavy atom. The number of guanidine groups is 1. The van der Waals surface area contributed by atoms with Crippen LogP contribution in [0.1, 0.15) is 5.56 Å². The molecule has 2 heterocycles. The van der Waals surface area contributed by atoms with Crippen molar-refractivity contribution in [3.8, 4) is 0 Å². The summed E-state index contributed by atoms with van der Waals surface area (Å²) in [5, 5.41) is 0. The summed E-state index contributed by atoms with van der Waals surface area (Å²) in [5.41, 5.74) is 5.86. The molecular formula is C20H15N3. The molecule has 23 heavy (non-hydrogen) atoms. The Labute approximate surface area is 135 Å². The zero-order chi connectivity index (χ0) is 15.2. The van der Waals surface area contributed by atoms with Crippen LogP contribution in [0.2, 0.25) is 0 Å². The second-order valence-corrected chi connectivity index (χ2v) is 5.79. The number of aliphatic imine (C=N–C) groups is 1. The van der Waals surface area contributed by atoms with Crippen LogP contribution in [0.15, 0.2) is 83.9 Å². The molecular weight excluding hydrogens is 282 g/mol. The first-order chi connectivity index (χ1) is 11.4. The number of hydrogen-bond donors (Lipinski definition) is 0. The van der Waals surface area contributed by atoms with Crippen LogP contribution >= 0.6 is 0 Å². The van der Waals surface area contributed by atoms with Gasteiger partial charge in [-0.25, -0.2) is 4.99 Å². The lowest BCUT2D eigenvalue weighted by molar-refractivity contribution is 0.985. The van der Waals surface area contributed by atoms with E-state index in [0.717, 1.165) is 23.9 Å². The molecule has 0 N–H and O–H groups in total. The van der Waals surface area contributed by atoms with Gasteiger partial charge in [-0.15, -0.1) is 0 Å². The van der Waals surface area contributed by atoms with Crippen molar-refractivity contribution in [1.29, 1.82) is 0 Å². The summed E-state index contributed by atoms with van der Waals surface area (Å²) in [7, 11) is 0. The van der Waals surface area contributed by atoms with Crippen molar-refractivity contribution in [1.82, 2.24) is 0 Å². The standard InChI is InChI=1S/C20H15N3/c1-2-9-16(10-3-1)23-19-13-7-6-12-18(19)22-14-15-8-4-5-11-17(15)21-20(22)23/h1-13H,14H2. The average Bonchev–Trinajstić information content (AvgIpc) is 2.94. The highest BCUT2D eigenvalue weighted by molar-refractivity contribution is 6.21. The molecule has 0 fully saturated rings. The zero-order valence-corrected chi connectivity index (χ0v) is 12.6. The maximum Gasteiger partial charge on any atom is 0.216 e. The van der Waals surface area contributed by atoms with Gasteiger partial charge >= 0.3 is 0 Å². The van der Waals surface area contributed by atoms with E-state index in [1.165, 1.54) is 16.9 Å². The fourth-order valence-electron chi connectivity index (χ4n) is 3.35. The summed E-state index contributed by atoms with van der Waals surface area (Å²) in [4.78, 5) is 9.49. The number of hydrogen-bond acceptors (Lipinski definition) is 3. The third kappa shape index (κ3) is 1.80. The molecule has 0 radical (unpaired) electrons. The van der Waals surface area contributed by atoms with Crippen LogP contribution in [0.3, 0.4) is 0 Å². The molecule has 0 amide bonds. The van der Waals surface area contributed by atoms with E-state index in [0.29, 0.717) is 0 Å². The van der Waals surface area contributed by atoms with E-state index in [9.17, 15) is 0 Å². The molecule has 0 atom stereocenters. The molecule has 3 heteroatoms. The molecule has 0 bridgehead atoms. The van der Waals surface area contributed by atoms with Gasteiger partial charge < -0.3 is 4.90 Å². The molecule has 3 nitrogen and oxygen atoms in total. The summed E-state index contributed by atoms with van der Waals surface area (Å²) in [6.07, 6.45) is 0. The van der Waals surface area contributed by atoms with E-state index < -0.39 is 0 Å². The van der Waals surface area contributed by atoms with Gasteiger partial charge in [-0.05, 0) is 35.9 Å². The quantitative estimate of drug-likeness (QED) is 0.639. The maximum atomic E-state index is 4.95. The van der Waals surface area contributed by atoms with E-state index in [1.807, 2.05) is 12.1 Å². The van der Waals surface area contributed by atoms with Gasteiger partial charge in [0.1, 0.15) is 0 Å². The molecule has 5 rings (SSSR count). The molecule has 2 aliphatic rings. The minimum Gasteiger partial charge on any atom is -0.305 e. The third-order valence-corrected chi connectivity index (χ3v) is 4.41. The Balaban J connectivity index is 1.75. The van der Waals surface area contributed by atoms with Crippen molar-refractivity contribution >= 4 is 28.7 Å². The number of rotatable bonds is 1. The summed E-state index contributed by atoms with van der Waals surface area (Å²) >= 11 is 0. The van der Waals surface area contributed by atoms with E-state index in [1.54, 1.807) is 0 Å². The highest BCUT2D eigenvalue weighted by Crippen LogP contribution is 2.45. The second-order valence-electron chi connectivity index (χ2n) is 5.79. The van der Waals surface area contributed by atoms with Gasteiger partial charge in [-0.3, -0.25) is 4.90 Å². The largest absolute Gasteiger partial charge is 0.305 e. The molecule has 0 saturated heterocycles. The summed E-state index contributed by atoms with van der Waals surface area (Å²) in [5.74, 6) is 0.983. The van der Waals surface area contributed by atoms with E-state index in [4.69, 9.17) is 4.99 Å². The van der Waals surface area contributed by atoms with E-state index in [-0.39, 0.29) is 0 Å². The molecule has 2 aliphatic heterocycles. The van der Waals surface area contributed by atoms with Crippen molar-refractivity contribution in [2.45, 2.75) is 6.54 Å². The van der Waals surface area contributed by atoms with Crippen LogP contribution in [0.25, 0.3) is 0 Å². The molecule has 0 unspecified atom stereocenters. The molecule has 0 aromatic heterocycles. The Bertz CT molecular complexity index is 915. The topological polar surface area (TPSA) is 18.8 Å².